The normalized spacial score (nSPS) is 10.5. The standard InChI is InChI=1S/C18H19N3O2S/c1-14-7-9-16(10-8-14)20-17(22)12-24-13-18(23)21-19-11-15-5-3-2-4-6-15/h2-11H,12-13H2,1H3,(H,20,22)(H,21,23)/b19-11+. The molecule has 2 aromatic rings. The molecule has 0 heterocycles. The number of aryl methyl sites for hydroxylation is 1. The molecular weight excluding hydrogens is 322 g/mol. The molecule has 0 saturated carbocycles. The van der Waals surface area contributed by atoms with Crippen LogP contribution in [0.4, 0.5) is 5.69 Å². The van der Waals surface area contributed by atoms with Crippen molar-refractivity contribution in [1.29, 1.82) is 0 Å². The fraction of sp³-hybridized carbons (Fsp3) is 0.167. The molecule has 124 valence electrons. The largest absolute Gasteiger partial charge is 0.325 e. The summed E-state index contributed by atoms with van der Waals surface area (Å²) in [5.41, 5.74) is 5.23. The summed E-state index contributed by atoms with van der Waals surface area (Å²) in [5, 5.41) is 6.66. The van der Waals surface area contributed by atoms with Crippen molar-refractivity contribution in [2.45, 2.75) is 6.92 Å². The molecule has 5 nitrogen and oxygen atoms in total. The van der Waals surface area contributed by atoms with Crippen LogP contribution in [0.5, 0.6) is 0 Å². The van der Waals surface area contributed by atoms with Crippen LogP contribution in [0.15, 0.2) is 59.7 Å². The van der Waals surface area contributed by atoms with Gasteiger partial charge in [-0.25, -0.2) is 5.43 Å². The molecule has 6 heteroatoms. The van der Waals surface area contributed by atoms with Crippen molar-refractivity contribution in [3.8, 4) is 0 Å². The number of nitrogens with zero attached hydrogens (tertiary/aromatic N) is 1. The second kappa shape index (κ2) is 9.52. The summed E-state index contributed by atoms with van der Waals surface area (Å²) in [6.07, 6.45) is 1.58. The van der Waals surface area contributed by atoms with E-state index in [1.165, 1.54) is 11.8 Å². The minimum Gasteiger partial charge on any atom is -0.325 e. The Hall–Kier alpha value is -2.60. The molecule has 0 bridgehead atoms. The third kappa shape index (κ3) is 6.66. The first-order valence-corrected chi connectivity index (χ1v) is 8.60. The van der Waals surface area contributed by atoms with Crippen LogP contribution in [0.1, 0.15) is 11.1 Å². The van der Waals surface area contributed by atoms with Crippen molar-refractivity contribution in [3.05, 3.63) is 65.7 Å². The van der Waals surface area contributed by atoms with Gasteiger partial charge >= 0.3 is 0 Å². The summed E-state index contributed by atoms with van der Waals surface area (Å²) in [7, 11) is 0. The lowest BCUT2D eigenvalue weighted by Crippen LogP contribution is -2.21. The third-order valence-electron chi connectivity index (χ3n) is 3.00. The minimum absolute atomic E-state index is 0.135. The number of carbonyl (C=O) groups excluding carboxylic acids is 2. The van der Waals surface area contributed by atoms with Gasteiger partial charge < -0.3 is 5.32 Å². The second-order valence-corrected chi connectivity index (χ2v) is 6.10. The monoisotopic (exact) mass is 341 g/mol. The maximum absolute atomic E-state index is 11.8. The molecule has 0 aromatic heterocycles. The number of anilines is 1. The number of nitrogens with one attached hydrogen (secondary N) is 2. The highest BCUT2D eigenvalue weighted by molar-refractivity contribution is 8.00. The molecule has 24 heavy (non-hydrogen) atoms. The highest BCUT2D eigenvalue weighted by atomic mass is 32.2. The van der Waals surface area contributed by atoms with Crippen molar-refractivity contribution in [1.82, 2.24) is 5.43 Å². The Morgan fingerprint density at radius 2 is 1.67 bits per heavy atom. The Morgan fingerprint density at radius 3 is 2.38 bits per heavy atom. The predicted octanol–water partition coefficient (Wildman–Crippen LogP) is 2.82. The molecular formula is C18H19N3O2S. The van der Waals surface area contributed by atoms with Gasteiger partial charge in [-0.2, -0.15) is 5.10 Å². The van der Waals surface area contributed by atoms with Crippen LogP contribution in [0, 0.1) is 6.92 Å². The molecule has 2 rings (SSSR count). The van der Waals surface area contributed by atoms with Gasteiger partial charge in [0.15, 0.2) is 0 Å². The summed E-state index contributed by atoms with van der Waals surface area (Å²) in [6, 6.07) is 17.0. The summed E-state index contributed by atoms with van der Waals surface area (Å²) in [6.45, 7) is 1.99. The van der Waals surface area contributed by atoms with E-state index < -0.39 is 0 Å². The van der Waals surface area contributed by atoms with Gasteiger partial charge in [0.25, 0.3) is 0 Å². The SMILES string of the molecule is Cc1ccc(NC(=O)CSCC(=O)N/N=C/c2ccccc2)cc1. The predicted molar refractivity (Wildman–Crippen MR) is 99.3 cm³/mol. The van der Waals surface area contributed by atoms with Gasteiger partial charge in [0.1, 0.15) is 0 Å². The van der Waals surface area contributed by atoms with Gasteiger partial charge in [-0.15, -0.1) is 11.8 Å². The van der Waals surface area contributed by atoms with Crippen molar-refractivity contribution in [2.24, 2.45) is 5.10 Å². The molecule has 2 amide bonds. The Bertz CT molecular complexity index is 700. The number of thioether (sulfide) groups is 1. The number of benzene rings is 2. The minimum atomic E-state index is -0.240. The van der Waals surface area contributed by atoms with Gasteiger partial charge in [-0.1, -0.05) is 48.0 Å². The summed E-state index contributed by atoms with van der Waals surface area (Å²) < 4.78 is 0. The number of carbonyl (C=O) groups is 2. The molecule has 2 aromatic carbocycles. The van der Waals surface area contributed by atoms with Crippen LogP contribution in [-0.4, -0.2) is 29.5 Å². The van der Waals surface area contributed by atoms with Crippen LogP contribution in [0.3, 0.4) is 0 Å². The summed E-state index contributed by atoms with van der Waals surface area (Å²) in [5.74, 6) is 0.0108. The molecule has 0 radical (unpaired) electrons. The van der Waals surface area contributed by atoms with Crippen LogP contribution < -0.4 is 10.7 Å². The maximum atomic E-state index is 11.8. The summed E-state index contributed by atoms with van der Waals surface area (Å²) >= 11 is 1.24. The lowest BCUT2D eigenvalue weighted by molar-refractivity contribution is -0.118. The van der Waals surface area contributed by atoms with Crippen LogP contribution in [-0.2, 0) is 9.59 Å². The van der Waals surface area contributed by atoms with Gasteiger partial charge in [0.2, 0.25) is 11.8 Å². The van der Waals surface area contributed by atoms with Crippen molar-refractivity contribution in [2.75, 3.05) is 16.8 Å². The van der Waals surface area contributed by atoms with Crippen molar-refractivity contribution < 1.29 is 9.59 Å². The highest BCUT2D eigenvalue weighted by Gasteiger charge is 2.05. The summed E-state index contributed by atoms with van der Waals surface area (Å²) in [4.78, 5) is 23.4. The lowest BCUT2D eigenvalue weighted by atomic mass is 10.2. The second-order valence-electron chi connectivity index (χ2n) is 5.11. The van der Waals surface area contributed by atoms with E-state index in [1.54, 1.807) is 6.21 Å². The van der Waals surface area contributed by atoms with E-state index in [-0.39, 0.29) is 23.3 Å². The highest BCUT2D eigenvalue weighted by Crippen LogP contribution is 2.09. The number of rotatable bonds is 7. The van der Waals surface area contributed by atoms with Crippen LogP contribution in [0.2, 0.25) is 0 Å². The molecule has 0 fully saturated rings. The zero-order chi connectivity index (χ0) is 17.2. The van der Waals surface area contributed by atoms with E-state index in [4.69, 9.17) is 0 Å². The Balaban J connectivity index is 1.64. The fourth-order valence-corrected chi connectivity index (χ4v) is 2.43. The number of hydrogen-bond acceptors (Lipinski definition) is 4. The van der Waals surface area contributed by atoms with Gasteiger partial charge in [-0.05, 0) is 24.6 Å². The van der Waals surface area contributed by atoms with E-state index in [2.05, 4.69) is 15.8 Å². The first kappa shape index (κ1) is 17.7. The van der Waals surface area contributed by atoms with Crippen LogP contribution >= 0.6 is 11.8 Å². The zero-order valence-electron chi connectivity index (χ0n) is 13.4. The van der Waals surface area contributed by atoms with Crippen LogP contribution in [0.25, 0.3) is 0 Å². The average molecular weight is 341 g/mol. The number of hydrogen-bond donors (Lipinski definition) is 2. The molecule has 0 atom stereocenters. The number of hydrazone groups is 1. The zero-order valence-corrected chi connectivity index (χ0v) is 14.2. The smallest absolute Gasteiger partial charge is 0.250 e. The van der Waals surface area contributed by atoms with E-state index >= 15 is 0 Å². The quantitative estimate of drug-likeness (QED) is 0.601. The molecule has 0 unspecified atom stereocenters. The van der Waals surface area contributed by atoms with E-state index in [0.717, 1.165) is 16.8 Å². The molecule has 0 saturated heterocycles. The molecule has 2 N–H and O–H groups in total. The maximum Gasteiger partial charge on any atom is 0.250 e. The van der Waals surface area contributed by atoms with Crippen molar-refractivity contribution in [3.63, 3.8) is 0 Å². The van der Waals surface area contributed by atoms with E-state index in [0.29, 0.717) is 0 Å². The topological polar surface area (TPSA) is 70.6 Å². The van der Waals surface area contributed by atoms with E-state index in [9.17, 15) is 9.59 Å². The molecule has 0 aliphatic rings. The molecule has 0 aliphatic heterocycles. The van der Waals surface area contributed by atoms with Gasteiger partial charge in [-0.3, -0.25) is 9.59 Å². The first-order valence-electron chi connectivity index (χ1n) is 7.45. The van der Waals surface area contributed by atoms with Gasteiger partial charge in [0, 0.05) is 5.69 Å². The first-order chi connectivity index (χ1) is 11.6. The Labute approximate surface area is 145 Å². The average Bonchev–Trinajstić information content (AvgIpc) is 2.58. The molecule has 0 spiro atoms. The van der Waals surface area contributed by atoms with Gasteiger partial charge in [0.05, 0.1) is 17.7 Å². The van der Waals surface area contributed by atoms with Crippen molar-refractivity contribution >= 4 is 35.5 Å². The Kier molecular flexibility index (Phi) is 7.04. The van der Waals surface area contributed by atoms with E-state index in [1.807, 2.05) is 61.5 Å². The third-order valence-corrected chi connectivity index (χ3v) is 3.94. The Morgan fingerprint density at radius 1 is 1.00 bits per heavy atom. The fourth-order valence-electron chi connectivity index (χ4n) is 1.82. The lowest BCUT2D eigenvalue weighted by Gasteiger charge is -2.05. The molecule has 0 aliphatic carbocycles. The number of amides is 2.